The number of aromatic nitrogens is 2. The number of hydrogen-bond acceptors (Lipinski definition) is 4. The van der Waals surface area contributed by atoms with Crippen molar-refractivity contribution in [3.8, 4) is 0 Å². The summed E-state index contributed by atoms with van der Waals surface area (Å²) in [5, 5.41) is 18.3. The first-order valence-electron chi connectivity index (χ1n) is 9.09. The van der Waals surface area contributed by atoms with Crippen molar-refractivity contribution in [3.05, 3.63) is 53.9 Å². The first-order chi connectivity index (χ1) is 13.9. The second kappa shape index (κ2) is 7.27. The van der Waals surface area contributed by atoms with Crippen LogP contribution in [-0.4, -0.2) is 38.6 Å². The molecule has 2 heterocycles. The van der Waals surface area contributed by atoms with Gasteiger partial charge in [-0.3, -0.25) is 4.79 Å². The maximum atomic E-state index is 12.7. The molecule has 1 saturated carbocycles. The predicted molar refractivity (Wildman–Crippen MR) is 107 cm³/mol. The van der Waals surface area contributed by atoms with Gasteiger partial charge in [0.2, 0.25) is 0 Å². The van der Waals surface area contributed by atoms with Crippen molar-refractivity contribution < 1.29 is 19.5 Å². The Kier molecular flexibility index (Phi) is 4.63. The smallest absolute Gasteiger partial charge is 0.354 e. The van der Waals surface area contributed by atoms with E-state index in [0.29, 0.717) is 22.3 Å². The number of pyridine rings is 1. The molecule has 2 aromatic heterocycles. The number of carboxylic acid groups (broad SMARTS) is 1. The van der Waals surface area contributed by atoms with E-state index in [2.05, 4.69) is 20.9 Å². The number of aryl methyl sites for hydroxylation is 1. The van der Waals surface area contributed by atoms with Crippen LogP contribution < -0.4 is 16.0 Å². The molecule has 0 saturated heterocycles. The lowest BCUT2D eigenvalue weighted by molar-refractivity contribution is 0.0688. The molecular weight excluding hydrogens is 374 g/mol. The van der Waals surface area contributed by atoms with E-state index in [1.54, 1.807) is 49.6 Å². The molecule has 0 unspecified atom stereocenters. The summed E-state index contributed by atoms with van der Waals surface area (Å²) < 4.78 is 1.43. The highest BCUT2D eigenvalue weighted by Crippen LogP contribution is 2.29. The Morgan fingerprint density at radius 1 is 1.10 bits per heavy atom. The quantitative estimate of drug-likeness (QED) is 0.530. The second-order valence-electron chi connectivity index (χ2n) is 6.87. The second-order valence-corrected chi connectivity index (χ2v) is 6.87. The molecule has 1 aliphatic rings. The Morgan fingerprint density at radius 3 is 2.48 bits per heavy atom. The molecule has 3 aromatic rings. The molecule has 9 nitrogen and oxygen atoms in total. The molecule has 9 heteroatoms. The summed E-state index contributed by atoms with van der Waals surface area (Å²) in [6.07, 6.45) is 3.55. The van der Waals surface area contributed by atoms with Crippen molar-refractivity contribution in [1.82, 2.24) is 14.9 Å². The summed E-state index contributed by atoms with van der Waals surface area (Å²) in [6.45, 7) is 0. The molecule has 3 amide bonds. The number of anilines is 2. The number of carboxylic acids is 1. The van der Waals surface area contributed by atoms with E-state index in [-0.39, 0.29) is 23.5 Å². The largest absolute Gasteiger partial charge is 0.477 e. The normalized spacial score (nSPS) is 13.1. The van der Waals surface area contributed by atoms with Gasteiger partial charge in [0.25, 0.3) is 5.91 Å². The Labute approximate surface area is 165 Å². The summed E-state index contributed by atoms with van der Waals surface area (Å²) >= 11 is 0. The van der Waals surface area contributed by atoms with E-state index in [9.17, 15) is 19.5 Å². The maximum absolute atomic E-state index is 12.7. The molecule has 0 atom stereocenters. The lowest BCUT2D eigenvalue weighted by Gasteiger charge is -2.09. The summed E-state index contributed by atoms with van der Waals surface area (Å²) in [4.78, 5) is 40.4. The summed E-state index contributed by atoms with van der Waals surface area (Å²) in [7, 11) is 1.58. The monoisotopic (exact) mass is 393 g/mol. The van der Waals surface area contributed by atoms with E-state index in [1.165, 1.54) is 4.57 Å². The number of amides is 3. The number of nitrogens with one attached hydrogen (secondary N) is 3. The molecule has 148 valence electrons. The Morgan fingerprint density at radius 2 is 1.83 bits per heavy atom. The highest BCUT2D eigenvalue weighted by atomic mass is 16.4. The molecule has 4 rings (SSSR count). The number of urea groups is 1. The van der Waals surface area contributed by atoms with Crippen LogP contribution in [0.4, 0.5) is 16.2 Å². The number of carbonyl (C=O) groups is 3. The number of nitrogens with zero attached hydrogens (tertiary/aromatic N) is 2. The van der Waals surface area contributed by atoms with E-state index < -0.39 is 11.9 Å². The van der Waals surface area contributed by atoms with Crippen LogP contribution in [0.15, 0.2) is 42.6 Å². The summed E-state index contributed by atoms with van der Waals surface area (Å²) in [5.74, 6) is -1.63. The first kappa shape index (κ1) is 18.5. The van der Waals surface area contributed by atoms with Crippen LogP contribution >= 0.6 is 0 Å². The van der Waals surface area contributed by atoms with Gasteiger partial charge in [-0.25, -0.2) is 14.6 Å². The third kappa shape index (κ3) is 3.75. The van der Waals surface area contributed by atoms with E-state index in [4.69, 9.17) is 0 Å². The zero-order valence-electron chi connectivity index (χ0n) is 15.6. The number of rotatable bonds is 5. The lowest BCUT2D eigenvalue weighted by Crippen LogP contribution is -2.30. The minimum atomic E-state index is -1.16. The number of hydrogen-bond donors (Lipinski definition) is 4. The fraction of sp³-hybridized carbons (Fsp3) is 0.200. The Balaban J connectivity index is 1.54. The van der Waals surface area contributed by atoms with Gasteiger partial charge in [0.15, 0.2) is 5.69 Å². The van der Waals surface area contributed by atoms with Crippen molar-refractivity contribution >= 4 is 40.3 Å². The summed E-state index contributed by atoms with van der Waals surface area (Å²) in [6, 6.07) is 9.70. The van der Waals surface area contributed by atoms with E-state index in [1.807, 2.05) is 0 Å². The van der Waals surface area contributed by atoms with Crippen LogP contribution in [-0.2, 0) is 7.05 Å². The van der Waals surface area contributed by atoms with Crippen molar-refractivity contribution in [1.29, 1.82) is 0 Å². The van der Waals surface area contributed by atoms with Gasteiger partial charge in [0.1, 0.15) is 5.65 Å². The molecule has 0 bridgehead atoms. The van der Waals surface area contributed by atoms with Crippen LogP contribution in [0.25, 0.3) is 11.0 Å². The van der Waals surface area contributed by atoms with Crippen LogP contribution in [0.3, 0.4) is 0 Å². The fourth-order valence-corrected chi connectivity index (χ4v) is 3.11. The Bertz CT molecular complexity index is 1120. The van der Waals surface area contributed by atoms with Crippen LogP contribution in [0, 0.1) is 0 Å². The average Bonchev–Trinajstić information content (AvgIpc) is 3.46. The highest BCUT2D eigenvalue weighted by Gasteiger charge is 2.24. The molecule has 4 N–H and O–H groups in total. The predicted octanol–water partition coefficient (Wildman–Crippen LogP) is 2.81. The molecule has 29 heavy (non-hydrogen) atoms. The zero-order chi connectivity index (χ0) is 20.5. The van der Waals surface area contributed by atoms with E-state index >= 15 is 0 Å². The van der Waals surface area contributed by atoms with Crippen molar-refractivity contribution in [3.63, 3.8) is 0 Å². The van der Waals surface area contributed by atoms with Crippen molar-refractivity contribution in [2.24, 2.45) is 7.05 Å². The number of benzene rings is 1. The fourth-order valence-electron chi connectivity index (χ4n) is 3.11. The summed E-state index contributed by atoms with van der Waals surface area (Å²) in [5.41, 5.74) is 1.48. The number of carbonyl (C=O) groups excluding carboxylic acids is 2. The topological polar surface area (TPSA) is 125 Å². The van der Waals surface area contributed by atoms with E-state index in [0.717, 1.165) is 12.8 Å². The SMILES string of the molecule is Cn1c(C(=O)O)c(NC(=O)c2ccc(NC(=O)NC3CC3)cc2)c2cccnc21. The van der Waals surface area contributed by atoms with Gasteiger partial charge in [0.05, 0.1) is 5.69 Å². The van der Waals surface area contributed by atoms with Gasteiger partial charge in [-0.1, -0.05) is 0 Å². The van der Waals surface area contributed by atoms with Gasteiger partial charge in [-0.2, -0.15) is 0 Å². The molecule has 0 spiro atoms. The molecular formula is C20H19N5O4. The molecule has 1 aliphatic carbocycles. The molecule has 1 aromatic carbocycles. The zero-order valence-corrected chi connectivity index (χ0v) is 15.6. The van der Waals surface area contributed by atoms with Crippen LogP contribution in [0.2, 0.25) is 0 Å². The van der Waals surface area contributed by atoms with Gasteiger partial charge >= 0.3 is 12.0 Å². The third-order valence-corrected chi connectivity index (χ3v) is 4.70. The number of aromatic carboxylic acids is 1. The maximum Gasteiger partial charge on any atom is 0.354 e. The van der Waals surface area contributed by atoms with Gasteiger partial charge < -0.3 is 25.6 Å². The van der Waals surface area contributed by atoms with Gasteiger partial charge in [-0.15, -0.1) is 0 Å². The minimum Gasteiger partial charge on any atom is -0.477 e. The molecule has 0 radical (unpaired) electrons. The van der Waals surface area contributed by atoms with Crippen molar-refractivity contribution in [2.45, 2.75) is 18.9 Å². The van der Waals surface area contributed by atoms with Crippen LogP contribution in [0.1, 0.15) is 33.7 Å². The van der Waals surface area contributed by atoms with Gasteiger partial charge in [0, 0.05) is 35.9 Å². The first-order valence-corrected chi connectivity index (χ1v) is 9.09. The third-order valence-electron chi connectivity index (χ3n) is 4.70. The Hall–Kier alpha value is -3.88. The lowest BCUT2D eigenvalue weighted by atomic mass is 10.1. The average molecular weight is 393 g/mol. The van der Waals surface area contributed by atoms with Gasteiger partial charge in [-0.05, 0) is 49.2 Å². The highest BCUT2D eigenvalue weighted by molar-refractivity contribution is 6.14. The van der Waals surface area contributed by atoms with Crippen LogP contribution in [0.5, 0.6) is 0 Å². The standard InChI is InChI=1S/C20H19N5O4/c1-25-16(19(27)28)15(14-3-2-10-21-17(14)25)24-18(26)11-4-6-12(7-5-11)22-20(29)23-13-8-9-13/h2-7,10,13H,8-9H2,1H3,(H,24,26)(H,27,28)(H2,22,23,29). The number of fused-ring (bicyclic) bond motifs is 1. The molecule has 1 fully saturated rings. The molecule has 0 aliphatic heterocycles. The van der Waals surface area contributed by atoms with Crippen molar-refractivity contribution in [2.75, 3.05) is 10.6 Å². The minimum absolute atomic E-state index is 0.0536.